The van der Waals surface area contributed by atoms with Gasteiger partial charge in [-0.2, -0.15) is 0 Å². The normalized spacial score (nSPS) is 14.9. The number of aliphatic carboxylic acids is 1. The van der Waals surface area contributed by atoms with E-state index in [1.165, 1.54) is 0 Å². The van der Waals surface area contributed by atoms with Crippen LogP contribution in [-0.4, -0.2) is 46.4 Å². The van der Waals surface area contributed by atoms with Crippen LogP contribution in [0.1, 0.15) is 64.5 Å². The lowest BCUT2D eigenvalue weighted by Gasteiger charge is -2.21. The number of carboxylic acids is 1. The average Bonchev–Trinajstić information content (AvgIpc) is 3.71. The summed E-state index contributed by atoms with van der Waals surface area (Å²) in [4.78, 5) is 28.7. The Morgan fingerprint density at radius 1 is 1.10 bits per heavy atom. The van der Waals surface area contributed by atoms with E-state index in [1.807, 2.05) is 37.3 Å². The molecule has 4 rings (SSSR count). The molecule has 1 fully saturated rings. The number of carbonyl (C=O) groups excluding carboxylic acids is 1. The molecule has 9 nitrogen and oxygen atoms in total. The number of ether oxygens (including phenoxy) is 3. The van der Waals surface area contributed by atoms with Crippen molar-refractivity contribution in [3.8, 4) is 23.0 Å². The fourth-order valence-electron chi connectivity index (χ4n) is 4.37. The number of pyridine rings is 1. The molecule has 2 aromatic carbocycles. The Bertz CT molecular complexity index is 1330. The van der Waals surface area contributed by atoms with E-state index < -0.39 is 22.9 Å². The van der Waals surface area contributed by atoms with Gasteiger partial charge in [-0.3, -0.25) is 14.6 Å². The number of fused-ring (bicyclic) bond motifs is 1. The second-order valence-corrected chi connectivity index (χ2v) is 10.6. The Hall–Kier alpha value is -3.85. The highest BCUT2D eigenvalue weighted by Crippen LogP contribution is 2.46. The Morgan fingerprint density at radius 3 is 2.41 bits per heavy atom. The summed E-state index contributed by atoms with van der Waals surface area (Å²) in [7, 11) is 1.56. The standard InChI is InChI=1S/C30H36N2O7/c1-5-6-22(32-27(33)30(12-13-30)28(34)35)19-7-9-20(10-8-19)39-24-11-15-31-23-18-26(25(37-4)17-21(23)24)38-16-14-29(2,3)36/h7-11,15,17-18,22,36H,5-6,12-14,16H2,1-4H3,(H,32,33)(H,34,35). The number of hydrogen-bond acceptors (Lipinski definition) is 7. The molecule has 1 aliphatic rings. The van der Waals surface area contributed by atoms with Crippen molar-refractivity contribution in [1.29, 1.82) is 0 Å². The molecule has 1 aromatic heterocycles. The highest BCUT2D eigenvalue weighted by atomic mass is 16.5. The zero-order valence-electron chi connectivity index (χ0n) is 22.8. The van der Waals surface area contributed by atoms with Crippen LogP contribution in [0.25, 0.3) is 10.9 Å². The lowest BCUT2D eigenvalue weighted by atomic mass is 9.99. The van der Waals surface area contributed by atoms with E-state index >= 15 is 0 Å². The van der Waals surface area contributed by atoms with Crippen LogP contribution in [0.5, 0.6) is 23.0 Å². The molecule has 1 atom stereocenters. The molecule has 1 heterocycles. The number of carbonyl (C=O) groups is 2. The number of nitrogens with zero attached hydrogens (tertiary/aromatic N) is 1. The van der Waals surface area contributed by atoms with Crippen molar-refractivity contribution in [3.05, 3.63) is 54.2 Å². The predicted molar refractivity (Wildman–Crippen MR) is 146 cm³/mol. The number of benzene rings is 2. The third-order valence-electron chi connectivity index (χ3n) is 6.95. The van der Waals surface area contributed by atoms with Crippen LogP contribution < -0.4 is 19.5 Å². The van der Waals surface area contributed by atoms with Gasteiger partial charge in [0.2, 0.25) is 5.91 Å². The molecule has 208 valence electrons. The largest absolute Gasteiger partial charge is 0.493 e. The minimum absolute atomic E-state index is 0.283. The van der Waals surface area contributed by atoms with E-state index in [-0.39, 0.29) is 6.04 Å². The highest BCUT2D eigenvalue weighted by Gasteiger charge is 2.57. The van der Waals surface area contributed by atoms with Crippen molar-refractivity contribution >= 4 is 22.8 Å². The van der Waals surface area contributed by atoms with E-state index in [1.54, 1.807) is 39.3 Å². The summed E-state index contributed by atoms with van der Waals surface area (Å²) in [6.45, 7) is 5.81. The summed E-state index contributed by atoms with van der Waals surface area (Å²) in [5, 5.41) is 23.1. The second-order valence-electron chi connectivity index (χ2n) is 10.6. The maximum Gasteiger partial charge on any atom is 0.319 e. The van der Waals surface area contributed by atoms with Gasteiger partial charge < -0.3 is 29.7 Å². The van der Waals surface area contributed by atoms with Gasteiger partial charge in [0.1, 0.15) is 16.9 Å². The average molecular weight is 537 g/mol. The summed E-state index contributed by atoms with van der Waals surface area (Å²) < 4.78 is 17.6. The topological polar surface area (TPSA) is 127 Å². The van der Waals surface area contributed by atoms with Gasteiger partial charge in [-0.15, -0.1) is 0 Å². The smallest absolute Gasteiger partial charge is 0.319 e. The molecule has 1 saturated carbocycles. The molecule has 0 bridgehead atoms. The lowest BCUT2D eigenvalue weighted by Crippen LogP contribution is -2.39. The van der Waals surface area contributed by atoms with Crippen LogP contribution in [0.2, 0.25) is 0 Å². The van der Waals surface area contributed by atoms with Gasteiger partial charge in [-0.1, -0.05) is 25.5 Å². The first-order valence-electron chi connectivity index (χ1n) is 13.2. The van der Waals surface area contributed by atoms with Crippen LogP contribution in [0.15, 0.2) is 48.7 Å². The molecule has 9 heteroatoms. The maximum absolute atomic E-state index is 12.7. The number of hydrogen-bond donors (Lipinski definition) is 3. The van der Waals surface area contributed by atoms with Gasteiger partial charge >= 0.3 is 5.97 Å². The van der Waals surface area contributed by atoms with Crippen molar-refractivity contribution in [3.63, 3.8) is 0 Å². The maximum atomic E-state index is 12.7. The minimum Gasteiger partial charge on any atom is -0.493 e. The van der Waals surface area contributed by atoms with Gasteiger partial charge in [0, 0.05) is 24.1 Å². The number of aromatic nitrogens is 1. The van der Waals surface area contributed by atoms with Gasteiger partial charge in [0.05, 0.1) is 30.9 Å². The van der Waals surface area contributed by atoms with Gasteiger partial charge in [0.15, 0.2) is 11.5 Å². The van der Waals surface area contributed by atoms with Crippen molar-refractivity contribution in [2.24, 2.45) is 5.41 Å². The van der Waals surface area contributed by atoms with Crippen molar-refractivity contribution in [2.75, 3.05) is 13.7 Å². The molecule has 0 radical (unpaired) electrons. The third kappa shape index (κ3) is 6.60. The number of rotatable bonds is 13. The molecule has 3 aromatic rings. The monoisotopic (exact) mass is 536 g/mol. The summed E-state index contributed by atoms with van der Waals surface area (Å²) in [6.07, 6.45) is 4.39. The van der Waals surface area contributed by atoms with Gasteiger partial charge in [-0.05, 0) is 62.9 Å². The van der Waals surface area contributed by atoms with Crippen LogP contribution in [-0.2, 0) is 9.59 Å². The molecular formula is C30H36N2O7. The van der Waals surface area contributed by atoms with E-state index in [9.17, 15) is 19.8 Å². The van der Waals surface area contributed by atoms with Gasteiger partial charge in [-0.25, -0.2) is 0 Å². The number of methoxy groups -OCH3 is 1. The summed E-state index contributed by atoms with van der Waals surface area (Å²) in [6, 6.07) is 12.5. The number of nitrogens with one attached hydrogen (secondary N) is 1. The van der Waals surface area contributed by atoms with E-state index in [2.05, 4.69) is 10.3 Å². The Labute approximate surface area is 228 Å². The first kappa shape index (κ1) is 28.2. The Morgan fingerprint density at radius 2 is 1.82 bits per heavy atom. The molecule has 1 aliphatic carbocycles. The number of amides is 1. The molecule has 3 N–H and O–H groups in total. The molecule has 1 amide bonds. The highest BCUT2D eigenvalue weighted by molar-refractivity contribution is 6.05. The molecule has 0 aliphatic heterocycles. The van der Waals surface area contributed by atoms with E-state index in [4.69, 9.17) is 14.2 Å². The van der Waals surface area contributed by atoms with Crippen LogP contribution in [0.3, 0.4) is 0 Å². The van der Waals surface area contributed by atoms with Gasteiger partial charge in [0.25, 0.3) is 0 Å². The lowest BCUT2D eigenvalue weighted by molar-refractivity contribution is -0.149. The second kappa shape index (κ2) is 11.5. The van der Waals surface area contributed by atoms with Crippen LogP contribution in [0, 0.1) is 5.41 Å². The Kier molecular flexibility index (Phi) is 8.30. The van der Waals surface area contributed by atoms with Crippen LogP contribution >= 0.6 is 0 Å². The predicted octanol–water partition coefficient (Wildman–Crippen LogP) is 5.40. The number of aliphatic hydroxyl groups is 1. The first-order valence-corrected chi connectivity index (χ1v) is 13.2. The van der Waals surface area contributed by atoms with Crippen molar-refractivity contribution < 1.29 is 34.0 Å². The first-order chi connectivity index (χ1) is 18.6. The quantitative estimate of drug-likeness (QED) is 0.248. The molecule has 0 spiro atoms. The SMILES string of the molecule is CCCC(NC(=O)C1(C(=O)O)CC1)c1ccc(Oc2ccnc3cc(OCCC(C)(C)O)c(OC)cc23)cc1. The zero-order chi connectivity index (χ0) is 28.2. The fraction of sp³-hybridized carbons (Fsp3) is 0.433. The van der Waals surface area contributed by atoms with Crippen LogP contribution in [0.4, 0.5) is 0 Å². The van der Waals surface area contributed by atoms with Crippen molar-refractivity contribution in [1.82, 2.24) is 10.3 Å². The summed E-state index contributed by atoms with van der Waals surface area (Å²) in [5.74, 6) is 0.760. The fourth-order valence-corrected chi connectivity index (χ4v) is 4.37. The third-order valence-corrected chi connectivity index (χ3v) is 6.95. The summed E-state index contributed by atoms with van der Waals surface area (Å²) >= 11 is 0. The zero-order valence-corrected chi connectivity index (χ0v) is 22.8. The van der Waals surface area contributed by atoms with E-state index in [0.29, 0.717) is 60.8 Å². The number of carboxylic acid groups (broad SMARTS) is 1. The summed E-state index contributed by atoms with van der Waals surface area (Å²) in [5.41, 5.74) is -0.563. The molecule has 0 saturated heterocycles. The van der Waals surface area contributed by atoms with E-state index in [0.717, 1.165) is 17.4 Å². The molecule has 39 heavy (non-hydrogen) atoms. The Balaban J connectivity index is 1.51. The van der Waals surface area contributed by atoms with Crippen molar-refractivity contribution in [2.45, 2.75) is 64.5 Å². The molecule has 1 unspecified atom stereocenters. The minimum atomic E-state index is -1.28. The molecular weight excluding hydrogens is 500 g/mol.